The maximum absolute atomic E-state index is 5.44. The standard InChI is InChI=1S/C15H20N2O/c1-15(2,3)12-8-11(6-7-14(12)18-5)13-9-17(4)10-16-13/h6-10H,1-5H3. The van der Waals surface area contributed by atoms with Gasteiger partial charge in [0, 0.05) is 24.4 Å². The first-order chi connectivity index (χ1) is 8.41. The van der Waals surface area contributed by atoms with Gasteiger partial charge in [-0.2, -0.15) is 0 Å². The Kier molecular flexibility index (Phi) is 3.16. The van der Waals surface area contributed by atoms with Gasteiger partial charge in [0.25, 0.3) is 0 Å². The number of imidazole rings is 1. The summed E-state index contributed by atoms with van der Waals surface area (Å²) in [6.07, 6.45) is 3.84. The molecule has 0 atom stereocenters. The molecule has 0 unspecified atom stereocenters. The largest absolute Gasteiger partial charge is 0.496 e. The average Bonchev–Trinajstić information content (AvgIpc) is 2.74. The molecular weight excluding hydrogens is 224 g/mol. The van der Waals surface area contributed by atoms with Gasteiger partial charge in [-0.3, -0.25) is 0 Å². The summed E-state index contributed by atoms with van der Waals surface area (Å²) in [4.78, 5) is 4.39. The molecule has 1 aromatic heterocycles. The molecule has 0 saturated heterocycles. The summed E-state index contributed by atoms with van der Waals surface area (Å²) in [5.74, 6) is 0.933. The molecule has 0 N–H and O–H groups in total. The van der Waals surface area contributed by atoms with Crippen LogP contribution in [0.4, 0.5) is 0 Å². The van der Waals surface area contributed by atoms with Crippen LogP contribution in [0.25, 0.3) is 11.3 Å². The summed E-state index contributed by atoms with van der Waals surface area (Å²) in [7, 11) is 3.69. The van der Waals surface area contributed by atoms with Gasteiger partial charge in [0.1, 0.15) is 5.75 Å². The lowest BCUT2D eigenvalue weighted by Gasteiger charge is -2.22. The normalized spacial score (nSPS) is 11.6. The number of aromatic nitrogens is 2. The topological polar surface area (TPSA) is 27.1 Å². The Labute approximate surface area is 108 Å². The van der Waals surface area contributed by atoms with Gasteiger partial charge in [-0.25, -0.2) is 4.98 Å². The second kappa shape index (κ2) is 4.48. The molecule has 0 radical (unpaired) electrons. The lowest BCUT2D eigenvalue weighted by molar-refractivity contribution is 0.397. The van der Waals surface area contributed by atoms with Crippen molar-refractivity contribution >= 4 is 0 Å². The summed E-state index contributed by atoms with van der Waals surface area (Å²) >= 11 is 0. The molecule has 0 amide bonds. The van der Waals surface area contributed by atoms with E-state index >= 15 is 0 Å². The number of ether oxygens (including phenoxy) is 1. The Morgan fingerprint density at radius 3 is 2.44 bits per heavy atom. The van der Waals surface area contributed by atoms with Gasteiger partial charge in [-0.15, -0.1) is 0 Å². The van der Waals surface area contributed by atoms with Crippen molar-refractivity contribution in [3.05, 3.63) is 36.3 Å². The van der Waals surface area contributed by atoms with E-state index in [1.807, 2.05) is 30.2 Å². The number of rotatable bonds is 2. The first kappa shape index (κ1) is 12.7. The molecule has 18 heavy (non-hydrogen) atoms. The van der Waals surface area contributed by atoms with Crippen LogP contribution in [0, 0.1) is 0 Å². The van der Waals surface area contributed by atoms with Crippen LogP contribution in [-0.4, -0.2) is 16.7 Å². The molecule has 2 rings (SSSR count). The highest BCUT2D eigenvalue weighted by Crippen LogP contribution is 2.34. The molecule has 0 saturated carbocycles. The predicted octanol–water partition coefficient (Wildman–Crippen LogP) is 3.39. The van der Waals surface area contributed by atoms with Gasteiger partial charge >= 0.3 is 0 Å². The van der Waals surface area contributed by atoms with Crippen molar-refractivity contribution in [1.29, 1.82) is 0 Å². The van der Waals surface area contributed by atoms with E-state index in [9.17, 15) is 0 Å². The Balaban J connectivity index is 2.52. The molecule has 0 bridgehead atoms. The molecule has 2 aromatic rings. The minimum Gasteiger partial charge on any atom is -0.496 e. The number of benzene rings is 1. The van der Waals surface area contributed by atoms with E-state index in [2.05, 4.69) is 37.9 Å². The number of nitrogens with zero attached hydrogens (tertiary/aromatic N) is 2. The smallest absolute Gasteiger partial charge is 0.122 e. The molecule has 96 valence electrons. The molecule has 3 nitrogen and oxygen atoms in total. The van der Waals surface area contributed by atoms with Crippen molar-refractivity contribution in [2.24, 2.45) is 7.05 Å². The SMILES string of the molecule is COc1ccc(-c2cn(C)cn2)cc1C(C)(C)C. The Morgan fingerprint density at radius 2 is 1.94 bits per heavy atom. The Morgan fingerprint density at radius 1 is 1.22 bits per heavy atom. The molecule has 1 aromatic carbocycles. The number of methoxy groups -OCH3 is 1. The minimum atomic E-state index is 0.0517. The fraction of sp³-hybridized carbons (Fsp3) is 0.400. The first-order valence-electron chi connectivity index (χ1n) is 6.08. The van der Waals surface area contributed by atoms with E-state index in [0.717, 1.165) is 17.0 Å². The summed E-state index contributed by atoms with van der Waals surface area (Å²) in [5.41, 5.74) is 3.37. The number of hydrogen-bond donors (Lipinski definition) is 0. The van der Waals surface area contributed by atoms with Crippen molar-refractivity contribution < 1.29 is 4.74 Å². The van der Waals surface area contributed by atoms with Gasteiger partial charge in [0.15, 0.2) is 0 Å². The van der Waals surface area contributed by atoms with Gasteiger partial charge in [0.05, 0.1) is 19.1 Å². The van der Waals surface area contributed by atoms with Gasteiger partial charge in [-0.05, 0) is 23.6 Å². The van der Waals surface area contributed by atoms with Crippen LogP contribution >= 0.6 is 0 Å². The third-order valence-electron chi connectivity index (χ3n) is 3.01. The highest BCUT2D eigenvalue weighted by atomic mass is 16.5. The number of aryl methyl sites for hydroxylation is 1. The lowest BCUT2D eigenvalue weighted by Crippen LogP contribution is -2.12. The third-order valence-corrected chi connectivity index (χ3v) is 3.01. The van der Waals surface area contributed by atoms with E-state index in [4.69, 9.17) is 4.74 Å². The van der Waals surface area contributed by atoms with Crippen LogP contribution in [0.2, 0.25) is 0 Å². The van der Waals surface area contributed by atoms with Crippen LogP contribution in [0.1, 0.15) is 26.3 Å². The van der Waals surface area contributed by atoms with Crippen molar-refractivity contribution in [1.82, 2.24) is 9.55 Å². The van der Waals surface area contributed by atoms with E-state index in [-0.39, 0.29) is 5.41 Å². The second-order valence-corrected chi connectivity index (χ2v) is 5.59. The monoisotopic (exact) mass is 244 g/mol. The van der Waals surface area contributed by atoms with Crippen LogP contribution in [0.15, 0.2) is 30.7 Å². The van der Waals surface area contributed by atoms with E-state index < -0.39 is 0 Å². The maximum atomic E-state index is 5.44. The molecule has 0 spiro atoms. The van der Waals surface area contributed by atoms with Crippen LogP contribution < -0.4 is 4.74 Å². The molecule has 0 aliphatic rings. The van der Waals surface area contributed by atoms with E-state index in [1.54, 1.807) is 7.11 Å². The van der Waals surface area contributed by atoms with Crippen molar-refractivity contribution in [3.8, 4) is 17.0 Å². The molecule has 0 fully saturated rings. The van der Waals surface area contributed by atoms with E-state index in [1.165, 1.54) is 5.56 Å². The zero-order valence-electron chi connectivity index (χ0n) is 11.7. The molecule has 1 heterocycles. The first-order valence-corrected chi connectivity index (χ1v) is 6.08. The summed E-state index contributed by atoms with van der Waals surface area (Å²) in [6, 6.07) is 6.24. The van der Waals surface area contributed by atoms with Crippen LogP contribution in [0.3, 0.4) is 0 Å². The van der Waals surface area contributed by atoms with Gasteiger partial charge in [0.2, 0.25) is 0 Å². The zero-order chi connectivity index (χ0) is 13.3. The summed E-state index contributed by atoms with van der Waals surface area (Å²) in [5, 5.41) is 0. The van der Waals surface area contributed by atoms with Gasteiger partial charge in [-0.1, -0.05) is 20.8 Å². The van der Waals surface area contributed by atoms with E-state index in [0.29, 0.717) is 0 Å². The second-order valence-electron chi connectivity index (χ2n) is 5.59. The summed E-state index contributed by atoms with van der Waals surface area (Å²) in [6.45, 7) is 6.56. The molecule has 3 heteroatoms. The van der Waals surface area contributed by atoms with Crippen molar-refractivity contribution in [2.45, 2.75) is 26.2 Å². The Bertz CT molecular complexity index is 550. The van der Waals surface area contributed by atoms with Crippen LogP contribution in [0.5, 0.6) is 5.75 Å². The van der Waals surface area contributed by atoms with Crippen LogP contribution in [-0.2, 0) is 12.5 Å². The Hall–Kier alpha value is -1.77. The maximum Gasteiger partial charge on any atom is 0.122 e. The highest BCUT2D eigenvalue weighted by molar-refractivity contribution is 5.62. The molecule has 0 aliphatic carbocycles. The number of hydrogen-bond acceptors (Lipinski definition) is 2. The highest BCUT2D eigenvalue weighted by Gasteiger charge is 2.19. The van der Waals surface area contributed by atoms with Crippen molar-refractivity contribution in [2.75, 3.05) is 7.11 Å². The lowest BCUT2D eigenvalue weighted by atomic mass is 9.85. The quantitative estimate of drug-likeness (QED) is 0.809. The van der Waals surface area contributed by atoms with Gasteiger partial charge < -0.3 is 9.30 Å². The fourth-order valence-corrected chi connectivity index (χ4v) is 2.02. The minimum absolute atomic E-state index is 0.0517. The fourth-order valence-electron chi connectivity index (χ4n) is 2.02. The molecule has 0 aliphatic heterocycles. The predicted molar refractivity (Wildman–Crippen MR) is 73.9 cm³/mol. The molecular formula is C15H20N2O. The average molecular weight is 244 g/mol. The zero-order valence-corrected chi connectivity index (χ0v) is 11.7. The van der Waals surface area contributed by atoms with Crippen molar-refractivity contribution in [3.63, 3.8) is 0 Å². The third kappa shape index (κ3) is 2.40. The summed E-state index contributed by atoms with van der Waals surface area (Å²) < 4.78 is 7.40.